The van der Waals surface area contributed by atoms with Crippen molar-refractivity contribution in [3.63, 3.8) is 0 Å². The van der Waals surface area contributed by atoms with Crippen LogP contribution in [0.4, 0.5) is 0 Å². The molecule has 0 aliphatic carbocycles. The van der Waals surface area contributed by atoms with E-state index < -0.39 is 0 Å². The number of ether oxygens (including phenoxy) is 2. The summed E-state index contributed by atoms with van der Waals surface area (Å²) in [6, 6.07) is 3.71. The van der Waals surface area contributed by atoms with Crippen LogP contribution in [0.2, 0.25) is 5.02 Å². The maximum atomic E-state index is 11.9. The lowest BCUT2D eigenvalue weighted by Crippen LogP contribution is -2.28. The van der Waals surface area contributed by atoms with Crippen molar-refractivity contribution in [2.45, 2.75) is 39.7 Å². The van der Waals surface area contributed by atoms with Crippen LogP contribution in [-0.4, -0.2) is 19.1 Å². The fourth-order valence-corrected chi connectivity index (χ4v) is 2.60. The quantitative estimate of drug-likeness (QED) is 0.904. The largest absolute Gasteiger partial charge is 0.489 e. The van der Waals surface area contributed by atoms with E-state index in [-0.39, 0.29) is 11.8 Å². The van der Waals surface area contributed by atoms with Gasteiger partial charge in [-0.25, -0.2) is 0 Å². The summed E-state index contributed by atoms with van der Waals surface area (Å²) in [6.45, 7) is 5.69. The number of hydrogen-bond acceptors (Lipinski definition) is 3. The van der Waals surface area contributed by atoms with Crippen molar-refractivity contribution in [1.29, 1.82) is 0 Å². The lowest BCUT2D eigenvalue weighted by molar-refractivity contribution is -0.124. The Morgan fingerprint density at radius 3 is 2.90 bits per heavy atom. The summed E-state index contributed by atoms with van der Waals surface area (Å²) in [6.07, 6.45) is 2.74. The van der Waals surface area contributed by atoms with E-state index in [2.05, 4.69) is 12.2 Å². The lowest BCUT2D eigenvalue weighted by atomic mass is 10.1. The van der Waals surface area contributed by atoms with Gasteiger partial charge in [0.15, 0.2) is 11.5 Å². The molecule has 1 aromatic carbocycles. The van der Waals surface area contributed by atoms with Crippen LogP contribution in [0.5, 0.6) is 11.5 Å². The molecule has 116 valence electrons. The third kappa shape index (κ3) is 4.27. The van der Waals surface area contributed by atoms with Gasteiger partial charge in [0.1, 0.15) is 0 Å². The summed E-state index contributed by atoms with van der Waals surface area (Å²) in [5.74, 6) is 1.36. The van der Waals surface area contributed by atoms with Crippen molar-refractivity contribution in [3.8, 4) is 11.5 Å². The number of carbonyl (C=O) groups excluding carboxylic acids is 1. The summed E-state index contributed by atoms with van der Waals surface area (Å²) in [5, 5.41) is 3.47. The van der Waals surface area contributed by atoms with Crippen molar-refractivity contribution < 1.29 is 14.3 Å². The first-order valence-electron chi connectivity index (χ1n) is 7.47. The van der Waals surface area contributed by atoms with Gasteiger partial charge in [-0.3, -0.25) is 4.79 Å². The Hall–Kier alpha value is -1.42. The molecule has 1 atom stereocenters. The third-order valence-corrected chi connectivity index (χ3v) is 3.78. The molecule has 0 radical (unpaired) electrons. The van der Waals surface area contributed by atoms with Gasteiger partial charge in [-0.1, -0.05) is 31.9 Å². The number of amides is 1. The molecule has 1 N–H and O–H groups in total. The van der Waals surface area contributed by atoms with Crippen molar-refractivity contribution in [2.24, 2.45) is 5.92 Å². The predicted molar refractivity (Wildman–Crippen MR) is 83.0 cm³/mol. The highest BCUT2D eigenvalue weighted by molar-refractivity contribution is 6.32. The molecule has 0 aromatic heterocycles. The third-order valence-electron chi connectivity index (χ3n) is 3.50. The van der Waals surface area contributed by atoms with E-state index in [4.69, 9.17) is 21.1 Å². The Kier molecular flexibility index (Phi) is 5.74. The van der Waals surface area contributed by atoms with Crippen LogP contribution in [0.1, 0.15) is 38.7 Å². The molecule has 4 nitrogen and oxygen atoms in total. The van der Waals surface area contributed by atoms with E-state index in [0.29, 0.717) is 36.3 Å². The van der Waals surface area contributed by atoms with E-state index in [9.17, 15) is 4.79 Å². The Bertz CT molecular complexity index is 505. The molecule has 0 bridgehead atoms. The molecule has 21 heavy (non-hydrogen) atoms. The van der Waals surface area contributed by atoms with Crippen molar-refractivity contribution in [3.05, 3.63) is 22.7 Å². The maximum Gasteiger partial charge on any atom is 0.223 e. The van der Waals surface area contributed by atoms with Crippen LogP contribution in [-0.2, 0) is 11.3 Å². The van der Waals surface area contributed by atoms with Gasteiger partial charge in [-0.15, -0.1) is 0 Å². The van der Waals surface area contributed by atoms with E-state index >= 15 is 0 Å². The molecule has 5 heteroatoms. The van der Waals surface area contributed by atoms with Crippen LogP contribution >= 0.6 is 11.6 Å². The van der Waals surface area contributed by atoms with Crippen LogP contribution in [0.3, 0.4) is 0 Å². The predicted octanol–water partition coefficient (Wildman–Crippen LogP) is 3.55. The Labute approximate surface area is 130 Å². The number of rotatable bonds is 5. The van der Waals surface area contributed by atoms with Crippen molar-refractivity contribution >= 4 is 17.5 Å². The Morgan fingerprint density at radius 2 is 2.14 bits per heavy atom. The number of hydrogen-bond donors (Lipinski definition) is 1. The summed E-state index contributed by atoms with van der Waals surface area (Å²) in [4.78, 5) is 11.9. The standard InChI is InChI=1S/C16H22ClNO3/c1-3-5-11(2)16(19)18-10-12-8-13(17)15-14(9-12)20-6-4-7-21-15/h8-9,11H,3-7,10H2,1-2H3,(H,18,19). The molecular formula is C16H22ClNO3. The molecule has 1 aromatic rings. The number of fused-ring (bicyclic) bond motifs is 1. The molecule has 0 saturated heterocycles. The summed E-state index contributed by atoms with van der Waals surface area (Å²) in [7, 11) is 0. The van der Waals surface area contributed by atoms with Gasteiger partial charge in [0.05, 0.1) is 18.2 Å². The first-order chi connectivity index (χ1) is 10.1. The smallest absolute Gasteiger partial charge is 0.223 e. The second-order valence-electron chi connectivity index (χ2n) is 5.36. The molecule has 0 spiro atoms. The normalized spacial score (nSPS) is 15.2. The Morgan fingerprint density at radius 1 is 1.38 bits per heavy atom. The zero-order chi connectivity index (χ0) is 15.2. The van der Waals surface area contributed by atoms with Crippen LogP contribution in [0.25, 0.3) is 0 Å². The van der Waals surface area contributed by atoms with Gasteiger partial charge < -0.3 is 14.8 Å². The fourth-order valence-electron chi connectivity index (χ4n) is 2.31. The minimum absolute atomic E-state index is 0.0332. The summed E-state index contributed by atoms with van der Waals surface area (Å²) >= 11 is 6.23. The van der Waals surface area contributed by atoms with E-state index in [1.165, 1.54) is 0 Å². The van der Waals surface area contributed by atoms with Gasteiger partial charge in [-0.05, 0) is 24.1 Å². The highest BCUT2D eigenvalue weighted by Crippen LogP contribution is 2.37. The van der Waals surface area contributed by atoms with E-state index in [1.54, 1.807) is 0 Å². The minimum Gasteiger partial charge on any atom is -0.489 e. The molecule has 2 rings (SSSR count). The number of benzene rings is 1. The van der Waals surface area contributed by atoms with E-state index in [0.717, 1.165) is 24.8 Å². The van der Waals surface area contributed by atoms with Gasteiger partial charge >= 0.3 is 0 Å². The maximum absolute atomic E-state index is 11.9. The van der Waals surface area contributed by atoms with Gasteiger partial charge in [0.25, 0.3) is 0 Å². The minimum atomic E-state index is 0.0332. The fraction of sp³-hybridized carbons (Fsp3) is 0.562. The monoisotopic (exact) mass is 311 g/mol. The molecule has 1 aliphatic heterocycles. The average molecular weight is 312 g/mol. The van der Waals surface area contributed by atoms with Crippen LogP contribution in [0.15, 0.2) is 12.1 Å². The number of nitrogens with one attached hydrogen (secondary N) is 1. The van der Waals surface area contributed by atoms with Gasteiger partial charge in [-0.2, -0.15) is 0 Å². The molecule has 1 amide bonds. The number of carbonyl (C=O) groups is 1. The molecule has 0 fully saturated rings. The van der Waals surface area contributed by atoms with Crippen molar-refractivity contribution in [2.75, 3.05) is 13.2 Å². The molecule has 0 saturated carbocycles. The lowest BCUT2D eigenvalue weighted by Gasteiger charge is -2.14. The molecule has 1 heterocycles. The average Bonchev–Trinajstić information content (AvgIpc) is 2.70. The second kappa shape index (κ2) is 7.55. The highest BCUT2D eigenvalue weighted by atomic mass is 35.5. The Balaban J connectivity index is 2.03. The van der Waals surface area contributed by atoms with Crippen molar-refractivity contribution in [1.82, 2.24) is 5.32 Å². The number of halogens is 1. The highest BCUT2D eigenvalue weighted by Gasteiger charge is 2.16. The summed E-state index contributed by atoms with van der Waals surface area (Å²) in [5.41, 5.74) is 0.918. The molecule has 1 aliphatic rings. The SMILES string of the molecule is CCCC(C)C(=O)NCc1cc(Cl)c2c(c1)OCCCO2. The first kappa shape index (κ1) is 16.0. The molecule has 1 unspecified atom stereocenters. The first-order valence-corrected chi connectivity index (χ1v) is 7.85. The van der Waals surface area contributed by atoms with E-state index in [1.807, 2.05) is 19.1 Å². The topological polar surface area (TPSA) is 47.6 Å². The summed E-state index contributed by atoms with van der Waals surface area (Å²) < 4.78 is 11.2. The molecular weight excluding hydrogens is 290 g/mol. The zero-order valence-corrected chi connectivity index (χ0v) is 13.3. The second-order valence-corrected chi connectivity index (χ2v) is 5.77. The van der Waals surface area contributed by atoms with Crippen LogP contribution < -0.4 is 14.8 Å². The zero-order valence-electron chi connectivity index (χ0n) is 12.6. The van der Waals surface area contributed by atoms with Crippen LogP contribution in [0, 0.1) is 5.92 Å². The van der Waals surface area contributed by atoms with Gasteiger partial charge in [0.2, 0.25) is 5.91 Å². The van der Waals surface area contributed by atoms with Gasteiger partial charge in [0, 0.05) is 18.9 Å².